The molecule has 0 radical (unpaired) electrons. The van der Waals surface area contributed by atoms with Crippen LogP contribution in [0.25, 0.3) is 44.0 Å². The molecule has 1 fully saturated rings. The van der Waals surface area contributed by atoms with Crippen LogP contribution in [0.2, 0.25) is 0 Å². The molecule has 3 aromatic carbocycles. The number of piperidine rings is 1. The monoisotopic (exact) mass is 628 g/mol. The summed E-state index contributed by atoms with van der Waals surface area (Å²) < 4.78 is 87.0. The smallest absolute Gasteiger partial charge is 0.483 e. The number of hydrogen-bond donors (Lipinski definition) is 1. The van der Waals surface area contributed by atoms with Crippen molar-refractivity contribution in [2.24, 2.45) is 0 Å². The maximum Gasteiger partial charge on any atom is 0.488 e. The van der Waals surface area contributed by atoms with Gasteiger partial charge in [-0.2, -0.15) is 26.9 Å². The van der Waals surface area contributed by atoms with Crippen LogP contribution in [0.3, 0.4) is 0 Å². The van der Waals surface area contributed by atoms with E-state index in [2.05, 4.69) is 20.1 Å². The normalized spacial score (nSPS) is 15.2. The van der Waals surface area contributed by atoms with E-state index in [1.807, 2.05) is 11.6 Å². The zero-order chi connectivity index (χ0) is 31.4. The number of benzene rings is 3. The Morgan fingerprint density at radius 2 is 1.82 bits per heavy atom. The summed E-state index contributed by atoms with van der Waals surface area (Å²) in [6.45, 7) is -0.138. The van der Waals surface area contributed by atoms with Crippen LogP contribution in [-0.4, -0.2) is 55.8 Å². The predicted octanol–water partition coefficient (Wildman–Crippen LogP) is 5.98. The Balaban J connectivity index is 1.68. The van der Waals surface area contributed by atoms with Gasteiger partial charge in [0.1, 0.15) is 17.1 Å². The lowest BCUT2D eigenvalue weighted by Crippen LogP contribution is -2.32. The number of likely N-dealkylation sites (tertiary alicyclic amines) is 1. The number of nitrogens with one attached hydrogen (secondary N) is 1. The number of H-pyrrole nitrogens is 1. The third-order valence-electron chi connectivity index (χ3n) is 7.76. The molecule has 5 aromatic rings. The molecule has 9 nitrogen and oxygen atoms in total. The van der Waals surface area contributed by atoms with Crippen LogP contribution in [-0.2, 0) is 10.5 Å². The first-order valence-corrected chi connectivity index (χ1v) is 14.8. The Kier molecular flexibility index (Phi) is 7.25. The number of nitrogens with zero attached hydrogens (tertiary/aromatic N) is 3. The molecule has 0 amide bonds. The van der Waals surface area contributed by atoms with Crippen molar-refractivity contribution in [1.29, 1.82) is 5.26 Å². The lowest BCUT2D eigenvalue weighted by molar-refractivity contribution is -0.153. The van der Waals surface area contributed by atoms with E-state index in [0.717, 1.165) is 19.2 Å². The number of hydrogen-bond acceptors (Lipinski definition) is 7. The highest BCUT2D eigenvalue weighted by Crippen LogP contribution is 2.40. The van der Waals surface area contributed by atoms with Crippen molar-refractivity contribution in [3.63, 3.8) is 0 Å². The summed E-state index contributed by atoms with van der Waals surface area (Å²) in [5.74, 6) is -0.688. The third kappa shape index (κ3) is 5.68. The van der Waals surface area contributed by atoms with Gasteiger partial charge in [0.2, 0.25) is 0 Å². The van der Waals surface area contributed by atoms with Gasteiger partial charge in [0.05, 0.1) is 27.9 Å². The Morgan fingerprint density at radius 1 is 1.07 bits per heavy atom. The number of aromatic nitrogens is 2. The number of alkyl halides is 3. The van der Waals surface area contributed by atoms with Crippen LogP contribution in [0.1, 0.15) is 24.4 Å². The molecule has 44 heavy (non-hydrogen) atoms. The lowest BCUT2D eigenvalue weighted by atomic mass is 9.98. The minimum Gasteiger partial charge on any atom is -0.483 e. The number of ether oxygens (including phenoxy) is 1. The van der Waals surface area contributed by atoms with Crippen LogP contribution >= 0.6 is 0 Å². The van der Waals surface area contributed by atoms with Gasteiger partial charge in [-0.15, -0.1) is 0 Å². The van der Waals surface area contributed by atoms with Crippen LogP contribution in [0.5, 0.6) is 11.5 Å². The highest BCUT2D eigenvalue weighted by Gasteiger charge is 2.30. The van der Waals surface area contributed by atoms with E-state index < -0.39 is 34.5 Å². The molecule has 1 aliphatic heterocycles. The van der Waals surface area contributed by atoms with Crippen LogP contribution < -0.4 is 14.3 Å². The second kappa shape index (κ2) is 10.8. The van der Waals surface area contributed by atoms with E-state index >= 15 is 0 Å². The fourth-order valence-electron chi connectivity index (χ4n) is 5.84. The van der Waals surface area contributed by atoms with Gasteiger partial charge in [-0.25, -0.2) is 0 Å². The van der Waals surface area contributed by atoms with Gasteiger partial charge in [0.25, 0.3) is 0 Å². The number of pyridine rings is 1. The maximum atomic E-state index is 14.1. The summed E-state index contributed by atoms with van der Waals surface area (Å²) in [4.78, 5) is 19.6. The molecule has 0 unspecified atom stereocenters. The Hall–Kier alpha value is -4.61. The Morgan fingerprint density at radius 3 is 2.50 bits per heavy atom. The average molecular weight is 629 g/mol. The first-order valence-electron chi connectivity index (χ1n) is 13.5. The fraction of sp³-hybridized carbons (Fsp3) is 0.267. The summed E-state index contributed by atoms with van der Waals surface area (Å²) in [7, 11) is -3.38. The van der Waals surface area contributed by atoms with Crippen LogP contribution in [0.4, 0.5) is 17.1 Å². The first kappa shape index (κ1) is 29.5. The van der Waals surface area contributed by atoms with E-state index in [0.29, 0.717) is 45.9 Å². The van der Waals surface area contributed by atoms with E-state index in [-0.39, 0.29) is 28.3 Å². The standard InChI is InChI=1S/C30H24F4N4O5S/c1-37-9-7-19(8-10-37)38-25-13-22(18-3-2-4-20(12-18)43-44(34,40)41)26(42-16-30(31,32)33)14-23(25)28(39)27-21-6-5-17(15-35)11-24(21)36-29(27)38/h2-6,11-14,19,36H,7-10,16H2,1H3. The summed E-state index contributed by atoms with van der Waals surface area (Å²) in [5, 5.41) is 10.4. The van der Waals surface area contributed by atoms with Gasteiger partial charge in [-0.1, -0.05) is 22.1 Å². The molecule has 0 bridgehead atoms. The molecule has 1 N–H and O–H groups in total. The van der Waals surface area contributed by atoms with Gasteiger partial charge in [-0.05, 0) is 74.9 Å². The van der Waals surface area contributed by atoms with E-state index in [1.165, 1.54) is 30.3 Å². The maximum absolute atomic E-state index is 14.1. The lowest BCUT2D eigenvalue weighted by Gasteiger charge is -2.32. The SMILES string of the molecule is CN1CCC(n2c3cc(-c4cccc(OS(=O)(=O)F)c4)c(OCC(F)(F)F)cc3c(=O)c3c4ccc(C#N)cc4[nH]c32)CC1. The largest absolute Gasteiger partial charge is 0.488 e. The molecule has 1 saturated heterocycles. The van der Waals surface area contributed by atoms with Gasteiger partial charge in [-0.3, -0.25) is 4.79 Å². The van der Waals surface area contributed by atoms with Gasteiger partial charge in [0, 0.05) is 22.5 Å². The minimum absolute atomic E-state index is 0.103. The van der Waals surface area contributed by atoms with E-state index in [9.17, 15) is 35.5 Å². The topological polar surface area (TPSA) is 117 Å². The van der Waals surface area contributed by atoms with Gasteiger partial charge in [0.15, 0.2) is 12.0 Å². The molecule has 0 saturated carbocycles. The quantitative estimate of drug-likeness (QED) is 0.182. The summed E-state index contributed by atoms with van der Waals surface area (Å²) in [6, 6.07) is 14.8. The Labute approximate surface area is 248 Å². The van der Waals surface area contributed by atoms with Gasteiger partial charge < -0.3 is 23.4 Å². The molecule has 228 valence electrons. The molecule has 3 heterocycles. The number of halogens is 4. The van der Waals surface area contributed by atoms with Gasteiger partial charge >= 0.3 is 16.7 Å². The number of rotatable bonds is 6. The molecule has 0 atom stereocenters. The van der Waals surface area contributed by atoms with Crippen molar-refractivity contribution in [1.82, 2.24) is 14.5 Å². The van der Waals surface area contributed by atoms with E-state index in [4.69, 9.17) is 4.74 Å². The van der Waals surface area contributed by atoms with E-state index in [1.54, 1.807) is 18.2 Å². The van der Waals surface area contributed by atoms with Crippen LogP contribution in [0.15, 0.2) is 59.4 Å². The summed E-state index contributed by atoms with van der Waals surface area (Å²) >= 11 is 0. The molecular formula is C30H24F4N4O5S. The highest BCUT2D eigenvalue weighted by atomic mass is 32.3. The van der Waals surface area contributed by atoms with Crippen molar-refractivity contribution in [2.75, 3.05) is 26.7 Å². The number of aromatic amines is 1. The molecular weight excluding hydrogens is 604 g/mol. The zero-order valence-corrected chi connectivity index (χ0v) is 23.9. The molecule has 6 rings (SSSR count). The fourth-order valence-corrected chi connectivity index (χ4v) is 6.17. The predicted molar refractivity (Wildman–Crippen MR) is 156 cm³/mol. The third-order valence-corrected chi connectivity index (χ3v) is 8.15. The van der Waals surface area contributed by atoms with Crippen molar-refractivity contribution in [3.05, 3.63) is 70.4 Å². The molecule has 0 spiro atoms. The average Bonchev–Trinajstić information content (AvgIpc) is 3.34. The zero-order valence-electron chi connectivity index (χ0n) is 23.1. The molecule has 0 aliphatic carbocycles. The number of fused-ring (bicyclic) bond motifs is 4. The Bertz CT molecular complexity index is 2140. The molecule has 14 heteroatoms. The second-order valence-corrected chi connectivity index (χ2v) is 11.7. The van der Waals surface area contributed by atoms with Crippen molar-refractivity contribution < 1.29 is 34.4 Å². The minimum atomic E-state index is -5.38. The summed E-state index contributed by atoms with van der Waals surface area (Å²) in [6.07, 6.45) is -3.28. The first-order chi connectivity index (χ1) is 20.8. The highest BCUT2D eigenvalue weighted by molar-refractivity contribution is 7.81. The number of nitriles is 1. The van der Waals surface area contributed by atoms with Crippen molar-refractivity contribution in [3.8, 4) is 28.7 Å². The molecule has 1 aliphatic rings. The van der Waals surface area contributed by atoms with Crippen molar-refractivity contribution >= 4 is 43.3 Å². The molecule has 2 aromatic heterocycles. The van der Waals surface area contributed by atoms with Crippen LogP contribution in [0, 0.1) is 11.3 Å². The second-order valence-electron chi connectivity index (χ2n) is 10.7. The van der Waals surface area contributed by atoms with Crippen molar-refractivity contribution in [2.45, 2.75) is 25.1 Å². The summed E-state index contributed by atoms with van der Waals surface area (Å²) in [5.41, 5.74) is 1.67.